The van der Waals surface area contributed by atoms with Crippen molar-refractivity contribution in [3.8, 4) is 0 Å². The number of aliphatic hydroxyl groups is 1. The fourth-order valence-electron chi connectivity index (χ4n) is 2.02. The maximum atomic E-state index is 11.9. The molecular formula is C11H17ClN4O2. The molecular weight excluding hydrogens is 256 g/mol. The van der Waals surface area contributed by atoms with Crippen molar-refractivity contribution in [1.82, 2.24) is 15.1 Å². The van der Waals surface area contributed by atoms with Crippen LogP contribution >= 0.6 is 11.6 Å². The zero-order valence-electron chi connectivity index (χ0n) is 10.1. The monoisotopic (exact) mass is 272 g/mol. The van der Waals surface area contributed by atoms with Gasteiger partial charge in [0.2, 0.25) is 0 Å². The Balaban J connectivity index is 2.28. The van der Waals surface area contributed by atoms with E-state index in [1.165, 1.54) is 4.68 Å². The third-order valence-electron chi connectivity index (χ3n) is 2.96. The molecule has 1 aromatic heterocycles. The minimum absolute atomic E-state index is 0.129. The van der Waals surface area contributed by atoms with Crippen LogP contribution in [0.4, 0.5) is 5.69 Å². The van der Waals surface area contributed by atoms with E-state index in [4.69, 9.17) is 16.7 Å². The molecule has 1 saturated heterocycles. The molecule has 0 unspecified atom stereocenters. The summed E-state index contributed by atoms with van der Waals surface area (Å²) in [5.74, 6) is 0. The van der Waals surface area contributed by atoms with Gasteiger partial charge in [0.25, 0.3) is 5.56 Å². The second-order valence-corrected chi connectivity index (χ2v) is 4.56. The number of nitrogens with zero attached hydrogens (tertiary/aromatic N) is 3. The van der Waals surface area contributed by atoms with Crippen molar-refractivity contribution in [1.29, 1.82) is 0 Å². The van der Waals surface area contributed by atoms with E-state index in [1.807, 2.05) is 0 Å². The van der Waals surface area contributed by atoms with E-state index < -0.39 is 0 Å². The Bertz CT molecular complexity index is 455. The molecule has 2 heterocycles. The zero-order valence-corrected chi connectivity index (χ0v) is 10.9. The Morgan fingerprint density at radius 1 is 1.44 bits per heavy atom. The van der Waals surface area contributed by atoms with Crippen LogP contribution in [-0.4, -0.2) is 47.7 Å². The van der Waals surface area contributed by atoms with Crippen molar-refractivity contribution in [2.24, 2.45) is 0 Å². The molecule has 18 heavy (non-hydrogen) atoms. The molecule has 0 aliphatic carbocycles. The number of rotatable bonds is 3. The summed E-state index contributed by atoms with van der Waals surface area (Å²) in [5.41, 5.74) is 0.333. The van der Waals surface area contributed by atoms with Gasteiger partial charge in [0.1, 0.15) is 5.02 Å². The Morgan fingerprint density at radius 2 is 2.28 bits per heavy atom. The van der Waals surface area contributed by atoms with Crippen LogP contribution in [0.3, 0.4) is 0 Å². The molecule has 0 saturated carbocycles. The smallest absolute Gasteiger partial charge is 0.287 e. The van der Waals surface area contributed by atoms with Crippen molar-refractivity contribution < 1.29 is 5.11 Å². The van der Waals surface area contributed by atoms with Gasteiger partial charge in [-0.15, -0.1) is 0 Å². The first-order valence-corrected chi connectivity index (χ1v) is 6.44. The SMILES string of the molecule is O=c1c(Cl)c(N2CCCNCC2)cnn1CCO. The van der Waals surface area contributed by atoms with Gasteiger partial charge in [-0.05, 0) is 13.0 Å². The van der Waals surface area contributed by atoms with Crippen LogP contribution in [0, 0.1) is 0 Å². The van der Waals surface area contributed by atoms with Crippen LogP contribution in [0.1, 0.15) is 6.42 Å². The number of halogens is 1. The summed E-state index contributed by atoms with van der Waals surface area (Å²) in [6.07, 6.45) is 2.61. The summed E-state index contributed by atoms with van der Waals surface area (Å²) in [6.45, 7) is 3.55. The molecule has 6 nitrogen and oxygen atoms in total. The third-order valence-corrected chi connectivity index (χ3v) is 3.31. The van der Waals surface area contributed by atoms with Crippen molar-refractivity contribution in [2.45, 2.75) is 13.0 Å². The van der Waals surface area contributed by atoms with Crippen LogP contribution < -0.4 is 15.8 Å². The Kier molecular flexibility index (Phi) is 4.57. The van der Waals surface area contributed by atoms with Crippen molar-refractivity contribution in [2.75, 3.05) is 37.7 Å². The van der Waals surface area contributed by atoms with Gasteiger partial charge in [-0.1, -0.05) is 11.6 Å². The Morgan fingerprint density at radius 3 is 3.06 bits per heavy atom. The number of hydrogen-bond donors (Lipinski definition) is 2. The maximum absolute atomic E-state index is 11.9. The lowest BCUT2D eigenvalue weighted by atomic mass is 10.3. The quantitative estimate of drug-likeness (QED) is 0.790. The first-order valence-electron chi connectivity index (χ1n) is 6.06. The van der Waals surface area contributed by atoms with Crippen LogP contribution in [-0.2, 0) is 6.54 Å². The molecule has 7 heteroatoms. The first kappa shape index (κ1) is 13.3. The van der Waals surface area contributed by atoms with Gasteiger partial charge < -0.3 is 15.3 Å². The molecule has 2 rings (SSSR count). The predicted molar refractivity (Wildman–Crippen MR) is 70.3 cm³/mol. The van der Waals surface area contributed by atoms with Crippen LogP contribution in [0.2, 0.25) is 5.02 Å². The summed E-state index contributed by atoms with van der Waals surface area (Å²) in [6, 6.07) is 0. The number of aromatic nitrogens is 2. The average molecular weight is 273 g/mol. The molecule has 0 spiro atoms. The molecule has 100 valence electrons. The third kappa shape index (κ3) is 2.82. The highest BCUT2D eigenvalue weighted by Crippen LogP contribution is 2.21. The standard InChI is InChI=1S/C11H17ClN4O2/c12-10-9(15-4-1-2-13-3-5-15)8-14-16(6-7-17)11(10)18/h8,13,17H,1-7H2. The maximum Gasteiger partial charge on any atom is 0.287 e. The molecule has 0 atom stereocenters. The molecule has 0 amide bonds. The lowest BCUT2D eigenvalue weighted by molar-refractivity contribution is 0.266. The highest BCUT2D eigenvalue weighted by Gasteiger charge is 2.16. The minimum atomic E-state index is -0.347. The van der Waals surface area contributed by atoms with Crippen molar-refractivity contribution in [3.63, 3.8) is 0 Å². The second-order valence-electron chi connectivity index (χ2n) is 4.19. The van der Waals surface area contributed by atoms with Gasteiger partial charge in [0, 0.05) is 19.6 Å². The Labute approximate surface area is 110 Å². The number of nitrogens with one attached hydrogen (secondary N) is 1. The summed E-state index contributed by atoms with van der Waals surface area (Å²) >= 11 is 6.10. The van der Waals surface area contributed by atoms with Crippen molar-refractivity contribution in [3.05, 3.63) is 21.6 Å². The van der Waals surface area contributed by atoms with E-state index in [9.17, 15) is 4.79 Å². The van der Waals surface area contributed by atoms with Crippen LogP contribution in [0.5, 0.6) is 0 Å². The number of anilines is 1. The van der Waals surface area contributed by atoms with E-state index in [-0.39, 0.29) is 23.7 Å². The average Bonchev–Trinajstić information content (AvgIpc) is 2.64. The molecule has 1 aromatic rings. The van der Waals surface area contributed by atoms with Crippen molar-refractivity contribution >= 4 is 17.3 Å². The first-order chi connectivity index (χ1) is 8.74. The lowest BCUT2D eigenvalue weighted by Gasteiger charge is -2.22. The summed E-state index contributed by atoms with van der Waals surface area (Å²) < 4.78 is 1.18. The van der Waals surface area contributed by atoms with Gasteiger partial charge in [-0.3, -0.25) is 4.79 Å². The van der Waals surface area contributed by atoms with Gasteiger partial charge in [-0.2, -0.15) is 5.10 Å². The normalized spacial score (nSPS) is 16.7. The summed E-state index contributed by atoms with van der Waals surface area (Å²) in [5, 5.41) is 16.3. The van der Waals surface area contributed by atoms with Gasteiger partial charge in [-0.25, -0.2) is 4.68 Å². The van der Waals surface area contributed by atoms with E-state index in [0.717, 1.165) is 32.6 Å². The summed E-state index contributed by atoms with van der Waals surface area (Å²) in [4.78, 5) is 14.0. The summed E-state index contributed by atoms with van der Waals surface area (Å²) in [7, 11) is 0. The van der Waals surface area contributed by atoms with E-state index in [0.29, 0.717) is 5.69 Å². The van der Waals surface area contributed by atoms with Gasteiger partial charge >= 0.3 is 0 Å². The zero-order chi connectivity index (χ0) is 13.0. The minimum Gasteiger partial charge on any atom is -0.394 e. The fourth-order valence-corrected chi connectivity index (χ4v) is 2.28. The lowest BCUT2D eigenvalue weighted by Crippen LogP contribution is -2.32. The fraction of sp³-hybridized carbons (Fsp3) is 0.636. The number of hydrogen-bond acceptors (Lipinski definition) is 5. The van der Waals surface area contributed by atoms with E-state index in [1.54, 1.807) is 6.20 Å². The topological polar surface area (TPSA) is 70.4 Å². The van der Waals surface area contributed by atoms with Crippen LogP contribution in [0.25, 0.3) is 0 Å². The van der Waals surface area contributed by atoms with Crippen LogP contribution in [0.15, 0.2) is 11.0 Å². The molecule has 1 aliphatic heterocycles. The molecule has 0 bridgehead atoms. The molecule has 0 aromatic carbocycles. The highest BCUT2D eigenvalue weighted by atomic mass is 35.5. The largest absolute Gasteiger partial charge is 0.394 e. The molecule has 1 aliphatic rings. The van der Waals surface area contributed by atoms with E-state index >= 15 is 0 Å². The van der Waals surface area contributed by atoms with Gasteiger partial charge in [0.05, 0.1) is 25.0 Å². The van der Waals surface area contributed by atoms with Gasteiger partial charge in [0.15, 0.2) is 0 Å². The highest BCUT2D eigenvalue weighted by molar-refractivity contribution is 6.33. The molecule has 1 fully saturated rings. The number of aliphatic hydroxyl groups excluding tert-OH is 1. The van der Waals surface area contributed by atoms with E-state index in [2.05, 4.69) is 15.3 Å². The predicted octanol–water partition coefficient (Wildman–Crippen LogP) is -0.311. The second kappa shape index (κ2) is 6.17. The molecule has 0 radical (unpaired) electrons. The Hall–Kier alpha value is -1.11. The molecule has 2 N–H and O–H groups in total.